The lowest BCUT2D eigenvalue weighted by Crippen LogP contribution is -2.42. The summed E-state index contributed by atoms with van der Waals surface area (Å²) in [4.78, 5) is 16.6. The van der Waals surface area contributed by atoms with Crippen molar-refractivity contribution >= 4 is 17.1 Å². The third kappa shape index (κ3) is 2.66. The molecule has 0 aliphatic rings. The summed E-state index contributed by atoms with van der Waals surface area (Å²) in [5.41, 5.74) is 6.99. The minimum absolute atomic E-state index is 0.0111. The predicted octanol–water partition coefficient (Wildman–Crippen LogP) is 2.44. The molecular formula is C14H16N2OS. The number of aromatic nitrogens is 1. The quantitative estimate of drug-likeness (QED) is 0.918. The Morgan fingerprint density at radius 1 is 1.39 bits per heavy atom. The second kappa shape index (κ2) is 5.00. The molecule has 1 atom stereocenters. The van der Waals surface area contributed by atoms with E-state index in [9.17, 15) is 4.79 Å². The molecule has 2 N–H and O–H groups in total. The molecule has 0 amide bonds. The Morgan fingerprint density at radius 2 is 2.06 bits per heavy atom. The number of rotatable bonds is 4. The Morgan fingerprint density at radius 3 is 2.61 bits per heavy atom. The van der Waals surface area contributed by atoms with Gasteiger partial charge in [-0.2, -0.15) is 0 Å². The predicted molar refractivity (Wildman–Crippen MR) is 73.5 cm³/mol. The highest BCUT2D eigenvalue weighted by molar-refractivity contribution is 7.09. The van der Waals surface area contributed by atoms with Crippen molar-refractivity contribution in [1.29, 1.82) is 0 Å². The summed E-state index contributed by atoms with van der Waals surface area (Å²) in [5, 5.41) is 2.77. The topological polar surface area (TPSA) is 56.0 Å². The van der Waals surface area contributed by atoms with E-state index in [1.807, 2.05) is 42.6 Å². The summed E-state index contributed by atoms with van der Waals surface area (Å²) >= 11 is 1.50. The van der Waals surface area contributed by atoms with Gasteiger partial charge in [-0.3, -0.25) is 4.79 Å². The Kier molecular flexibility index (Phi) is 3.59. The van der Waals surface area contributed by atoms with Gasteiger partial charge in [0.15, 0.2) is 5.78 Å². The highest BCUT2D eigenvalue weighted by atomic mass is 32.1. The molecule has 0 saturated carbocycles. The lowest BCUT2D eigenvalue weighted by molar-refractivity contribution is -0.123. The van der Waals surface area contributed by atoms with Crippen LogP contribution in [-0.4, -0.2) is 10.8 Å². The molecule has 94 valence electrons. The van der Waals surface area contributed by atoms with Crippen LogP contribution < -0.4 is 5.73 Å². The number of hydrogen-bond donors (Lipinski definition) is 1. The van der Waals surface area contributed by atoms with E-state index in [-0.39, 0.29) is 5.78 Å². The molecule has 0 aliphatic carbocycles. The zero-order valence-corrected chi connectivity index (χ0v) is 11.3. The number of carbonyl (C=O) groups excluding carboxylic acids is 1. The summed E-state index contributed by atoms with van der Waals surface area (Å²) in [5.74, 6) is -0.0111. The number of Topliss-reactive ketones (excluding diaryl/α,β-unsaturated/α-hetero) is 1. The molecular weight excluding hydrogens is 244 g/mol. The van der Waals surface area contributed by atoms with Gasteiger partial charge in [0.05, 0.1) is 12.0 Å². The molecule has 0 saturated heterocycles. The molecule has 3 nitrogen and oxygen atoms in total. The fraction of sp³-hybridized carbons (Fsp3) is 0.286. The van der Waals surface area contributed by atoms with Crippen LogP contribution in [0.1, 0.15) is 23.2 Å². The number of hydrogen-bond acceptors (Lipinski definition) is 4. The largest absolute Gasteiger partial charge is 0.315 e. The summed E-state index contributed by atoms with van der Waals surface area (Å²) in [6, 6.07) is 9.45. The second-order valence-corrected chi connectivity index (χ2v) is 5.49. The molecule has 0 spiro atoms. The van der Waals surface area contributed by atoms with Crippen molar-refractivity contribution in [3.63, 3.8) is 0 Å². The van der Waals surface area contributed by atoms with Gasteiger partial charge in [-0.15, -0.1) is 11.3 Å². The number of benzene rings is 1. The number of thiazole rings is 1. The Hall–Kier alpha value is -1.52. The van der Waals surface area contributed by atoms with Crippen LogP contribution in [0.2, 0.25) is 0 Å². The van der Waals surface area contributed by atoms with Crippen LogP contribution in [0.25, 0.3) is 0 Å². The lowest BCUT2D eigenvalue weighted by Gasteiger charge is -2.23. The zero-order valence-electron chi connectivity index (χ0n) is 10.5. The molecule has 0 radical (unpaired) electrons. The van der Waals surface area contributed by atoms with Crippen LogP contribution in [0, 0.1) is 6.92 Å². The van der Waals surface area contributed by atoms with E-state index in [4.69, 9.17) is 5.73 Å². The van der Waals surface area contributed by atoms with E-state index < -0.39 is 5.54 Å². The third-order valence-corrected chi connectivity index (χ3v) is 3.90. The standard InChI is InChI=1S/C14H16N2OS/c1-10-9-18-13(16-10)8-12(17)14(2,15)11-6-4-3-5-7-11/h3-7,9H,8,15H2,1-2H3. The van der Waals surface area contributed by atoms with Crippen LogP contribution in [0.15, 0.2) is 35.7 Å². The molecule has 2 aromatic rings. The van der Waals surface area contributed by atoms with E-state index >= 15 is 0 Å². The minimum Gasteiger partial charge on any atom is -0.315 e. The molecule has 0 aliphatic heterocycles. The number of ketones is 1. The van der Waals surface area contributed by atoms with Crippen LogP contribution >= 0.6 is 11.3 Å². The second-order valence-electron chi connectivity index (χ2n) is 4.55. The lowest BCUT2D eigenvalue weighted by atomic mass is 9.87. The maximum Gasteiger partial charge on any atom is 0.163 e. The molecule has 1 heterocycles. The summed E-state index contributed by atoms with van der Waals surface area (Å²) < 4.78 is 0. The van der Waals surface area contributed by atoms with Crippen molar-refractivity contribution in [3.05, 3.63) is 52.0 Å². The van der Waals surface area contributed by atoms with Gasteiger partial charge >= 0.3 is 0 Å². The molecule has 1 aromatic carbocycles. The van der Waals surface area contributed by atoms with Crippen molar-refractivity contribution in [2.45, 2.75) is 25.8 Å². The van der Waals surface area contributed by atoms with Crippen molar-refractivity contribution in [2.75, 3.05) is 0 Å². The zero-order chi connectivity index (χ0) is 13.2. The van der Waals surface area contributed by atoms with Crippen molar-refractivity contribution < 1.29 is 4.79 Å². The van der Waals surface area contributed by atoms with Crippen LogP contribution in [0.5, 0.6) is 0 Å². The molecule has 18 heavy (non-hydrogen) atoms. The van der Waals surface area contributed by atoms with E-state index in [0.29, 0.717) is 6.42 Å². The first-order valence-corrected chi connectivity index (χ1v) is 6.67. The molecule has 4 heteroatoms. The van der Waals surface area contributed by atoms with Crippen LogP contribution in [0.4, 0.5) is 0 Å². The number of aryl methyl sites for hydroxylation is 1. The van der Waals surface area contributed by atoms with Crippen molar-refractivity contribution in [1.82, 2.24) is 4.98 Å². The summed E-state index contributed by atoms with van der Waals surface area (Å²) in [7, 11) is 0. The normalized spacial score (nSPS) is 14.2. The number of carbonyl (C=O) groups is 1. The number of nitrogens with zero attached hydrogens (tertiary/aromatic N) is 1. The van der Waals surface area contributed by atoms with E-state index in [1.54, 1.807) is 6.92 Å². The number of nitrogens with two attached hydrogens (primary N) is 1. The highest BCUT2D eigenvalue weighted by Gasteiger charge is 2.30. The Bertz CT molecular complexity index is 546. The average molecular weight is 260 g/mol. The fourth-order valence-corrected chi connectivity index (χ4v) is 2.52. The first-order valence-electron chi connectivity index (χ1n) is 5.79. The minimum atomic E-state index is -0.958. The van der Waals surface area contributed by atoms with Gasteiger partial charge in [-0.05, 0) is 19.4 Å². The smallest absolute Gasteiger partial charge is 0.163 e. The first-order chi connectivity index (χ1) is 8.50. The average Bonchev–Trinajstić information content (AvgIpc) is 2.76. The Balaban J connectivity index is 2.18. The van der Waals surface area contributed by atoms with Crippen molar-refractivity contribution in [3.8, 4) is 0 Å². The SMILES string of the molecule is Cc1csc(CC(=O)C(C)(N)c2ccccc2)n1. The van der Waals surface area contributed by atoms with Gasteiger partial charge in [0.25, 0.3) is 0 Å². The molecule has 1 aromatic heterocycles. The maximum atomic E-state index is 12.3. The highest BCUT2D eigenvalue weighted by Crippen LogP contribution is 2.21. The monoisotopic (exact) mass is 260 g/mol. The van der Waals surface area contributed by atoms with Crippen LogP contribution in [0.3, 0.4) is 0 Å². The Labute approximate surface area is 111 Å². The van der Waals surface area contributed by atoms with Gasteiger partial charge in [-0.1, -0.05) is 30.3 Å². The molecule has 2 rings (SSSR count). The van der Waals surface area contributed by atoms with E-state index in [1.165, 1.54) is 11.3 Å². The van der Waals surface area contributed by atoms with E-state index in [0.717, 1.165) is 16.3 Å². The van der Waals surface area contributed by atoms with Gasteiger partial charge in [0.1, 0.15) is 5.01 Å². The maximum absolute atomic E-state index is 12.3. The summed E-state index contributed by atoms with van der Waals surface area (Å²) in [6.07, 6.45) is 0.292. The summed E-state index contributed by atoms with van der Waals surface area (Å²) in [6.45, 7) is 3.68. The third-order valence-electron chi connectivity index (χ3n) is 2.93. The molecule has 0 bridgehead atoms. The van der Waals surface area contributed by atoms with Crippen molar-refractivity contribution in [2.24, 2.45) is 5.73 Å². The van der Waals surface area contributed by atoms with Gasteiger partial charge in [0.2, 0.25) is 0 Å². The van der Waals surface area contributed by atoms with Crippen LogP contribution in [-0.2, 0) is 16.8 Å². The van der Waals surface area contributed by atoms with Gasteiger partial charge in [0, 0.05) is 11.1 Å². The van der Waals surface area contributed by atoms with Gasteiger partial charge < -0.3 is 5.73 Å². The molecule has 0 fully saturated rings. The van der Waals surface area contributed by atoms with E-state index in [2.05, 4.69) is 4.98 Å². The molecule has 1 unspecified atom stereocenters. The fourth-order valence-electron chi connectivity index (χ4n) is 1.75. The first kappa shape index (κ1) is 12.9. The van der Waals surface area contributed by atoms with Gasteiger partial charge in [-0.25, -0.2) is 4.98 Å².